The molecule has 6 nitrogen and oxygen atoms in total. The zero-order chi connectivity index (χ0) is 20.2. The quantitative estimate of drug-likeness (QED) is 0.456. The van der Waals surface area contributed by atoms with E-state index in [1.54, 1.807) is 0 Å². The number of hydrogen-bond acceptors (Lipinski definition) is 4. The molecule has 2 heterocycles. The maximum absolute atomic E-state index is 10.7. The Morgan fingerprint density at radius 3 is 2.76 bits per heavy atom. The number of aryl methyl sites for hydroxylation is 2. The highest BCUT2D eigenvalue weighted by atomic mass is 16.5. The molecule has 0 unspecified atom stereocenters. The van der Waals surface area contributed by atoms with E-state index in [4.69, 9.17) is 14.3 Å². The summed E-state index contributed by atoms with van der Waals surface area (Å²) < 4.78 is 13.9. The summed E-state index contributed by atoms with van der Waals surface area (Å²) in [5.74, 6) is 1.32. The number of carboxylic acids is 1. The van der Waals surface area contributed by atoms with E-state index >= 15 is 0 Å². The van der Waals surface area contributed by atoms with Crippen molar-refractivity contribution in [2.45, 2.75) is 32.9 Å². The van der Waals surface area contributed by atoms with E-state index in [0.29, 0.717) is 25.5 Å². The van der Waals surface area contributed by atoms with Gasteiger partial charge in [0.2, 0.25) is 5.89 Å². The number of carboxylic acid groups (broad SMARTS) is 1. The van der Waals surface area contributed by atoms with Gasteiger partial charge in [0.1, 0.15) is 23.8 Å². The number of hydrogen-bond donors (Lipinski definition) is 1. The van der Waals surface area contributed by atoms with Crippen LogP contribution in [0.15, 0.2) is 65.2 Å². The van der Waals surface area contributed by atoms with Crippen molar-refractivity contribution < 1.29 is 19.1 Å². The predicted molar refractivity (Wildman–Crippen MR) is 110 cm³/mol. The molecule has 148 valence electrons. The Bertz CT molecular complexity index is 1130. The van der Waals surface area contributed by atoms with Crippen LogP contribution in [0.5, 0.6) is 5.75 Å². The fourth-order valence-corrected chi connectivity index (χ4v) is 3.33. The Morgan fingerprint density at radius 2 is 1.97 bits per heavy atom. The van der Waals surface area contributed by atoms with Gasteiger partial charge in [-0.05, 0) is 43.7 Å². The molecule has 2 aromatic heterocycles. The summed E-state index contributed by atoms with van der Waals surface area (Å²) in [6.45, 7) is 2.85. The van der Waals surface area contributed by atoms with Gasteiger partial charge in [0, 0.05) is 30.1 Å². The van der Waals surface area contributed by atoms with Crippen LogP contribution in [0.4, 0.5) is 0 Å². The molecule has 0 spiro atoms. The third kappa shape index (κ3) is 4.16. The Kier molecular flexibility index (Phi) is 5.33. The van der Waals surface area contributed by atoms with E-state index < -0.39 is 5.97 Å². The topological polar surface area (TPSA) is 77.5 Å². The first kappa shape index (κ1) is 18.8. The Hall–Kier alpha value is -3.54. The van der Waals surface area contributed by atoms with Gasteiger partial charge in [0.15, 0.2) is 0 Å². The van der Waals surface area contributed by atoms with Crippen molar-refractivity contribution in [1.29, 1.82) is 0 Å². The molecule has 2 aromatic carbocycles. The molecule has 0 aliphatic carbocycles. The average molecular weight is 390 g/mol. The number of benzene rings is 2. The van der Waals surface area contributed by atoms with E-state index in [1.807, 2.05) is 67.7 Å². The molecule has 0 saturated heterocycles. The largest absolute Gasteiger partial charge is 0.486 e. The molecule has 0 radical (unpaired) electrons. The highest BCUT2D eigenvalue weighted by Gasteiger charge is 2.13. The molecular weight excluding hydrogens is 368 g/mol. The number of carbonyl (C=O) groups is 1. The normalized spacial score (nSPS) is 11.1. The second-order valence-corrected chi connectivity index (χ2v) is 6.87. The molecule has 6 heteroatoms. The molecule has 4 rings (SSSR count). The van der Waals surface area contributed by atoms with E-state index in [0.717, 1.165) is 33.7 Å². The molecule has 0 bridgehead atoms. The van der Waals surface area contributed by atoms with Crippen LogP contribution in [-0.4, -0.2) is 20.6 Å². The predicted octanol–water partition coefficient (Wildman–Crippen LogP) is 5.05. The lowest BCUT2D eigenvalue weighted by Gasteiger charge is -2.08. The highest BCUT2D eigenvalue weighted by molar-refractivity contribution is 5.86. The van der Waals surface area contributed by atoms with Crippen molar-refractivity contribution in [3.8, 4) is 17.2 Å². The Morgan fingerprint density at radius 1 is 1.14 bits per heavy atom. The van der Waals surface area contributed by atoms with Gasteiger partial charge >= 0.3 is 5.97 Å². The van der Waals surface area contributed by atoms with E-state index in [-0.39, 0.29) is 6.42 Å². The monoisotopic (exact) mass is 390 g/mol. The van der Waals surface area contributed by atoms with Crippen molar-refractivity contribution in [3.05, 3.63) is 72.2 Å². The first-order valence-corrected chi connectivity index (χ1v) is 9.56. The fourth-order valence-electron chi connectivity index (χ4n) is 3.33. The van der Waals surface area contributed by atoms with Crippen LogP contribution < -0.4 is 4.74 Å². The Labute approximate surface area is 168 Å². The lowest BCUT2D eigenvalue weighted by Crippen LogP contribution is -2.01. The van der Waals surface area contributed by atoms with Crippen LogP contribution >= 0.6 is 0 Å². The number of aromatic nitrogens is 2. The van der Waals surface area contributed by atoms with Gasteiger partial charge in [0.25, 0.3) is 0 Å². The zero-order valence-corrected chi connectivity index (χ0v) is 16.2. The minimum Gasteiger partial charge on any atom is -0.486 e. The first-order valence-electron chi connectivity index (χ1n) is 9.56. The van der Waals surface area contributed by atoms with Crippen LogP contribution in [0.25, 0.3) is 22.4 Å². The minimum atomic E-state index is -0.775. The molecule has 4 aromatic rings. The molecule has 29 heavy (non-hydrogen) atoms. The van der Waals surface area contributed by atoms with Crippen LogP contribution in [0.1, 0.15) is 24.3 Å². The number of oxazole rings is 1. The molecule has 0 fully saturated rings. The van der Waals surface area contributed by atoms with Crippen LogP contribution in [0.2, 0.25) is 0 Å². The summed E-state index contributed by atoms with van der Waals surface area (Å²) in [6.07, 6.45) is 2.71. The minimum absolute atomic E-state index is 0.158. The van der Waals surface area contributed by atoms with Gasteiger partial charge in [-0.2, -0.15) is 0 Å². The van der Waals surface area contributed by atoms with E-state index in [1.165, 1.54) is 0 Å². The first-order chi connectivity index (χ1) is 14.1. The molecule has 1 N–H and O–H groups in total. The molecule has 0 aliphatic heterocycles. The van der Waals surface area contributed by atoms with Crippen molar-refractivity contribution in [1.82, 2.24) is 9.55 Å². The maximum Gasteiger partial charge on any atom is 0.303 e. The number of fused-ring (bicyclic) bond motifs is 1. The zero-order valence-electron chi connectivity index (χ0n) is 16.2. The number of rotatable bonds is 8. The standard InChI is InChI=1S/C23H22N2O4/c1-16-19(24-23(29-16)17-7-3-2-4-8-17)15-28-21-10-5-9-20-18(21)12-14-25(20)13-6-11-22(26)27/h2-5,7-10,12,14H,6,11,13,15H2,1H3,(H,26,27). The molecule has 0 amide bonds. The van der Waals surface area contributed by atoms with E-state index in [9.17, 15) is 4.79 Å². The summed E-state index contributed by atoms with van der Waals surface area (Å²) in [5, 5.41) is 9.82. The Balaban J connectivity index is 1.50. The smallest absolute Gasteiger partial charge is 0.303 e. The second kappa shape index (κ2) is 8.22. The van der Waals surface area contributed by atoms with Crippen molar-refractivity contribution >= 4 is 16.9 Å². The summed E-state index contributed by atoms with van der Waals surface area (Å²) in [6, 6.07) is 17.7. The lowest BCUT2D eigenvalue weighted by molar-refractivity contribution is -0.137. The molecular formula is C23H22N2O4. The summed E-state index contributed by atoms with van der Waals surface area (Å²) >= 11 is 0. The van der Waals surface area contributed by atoms with Crippen LogP contribution in [0, 0.1) is 6.92 Å². The van der Waals surface area contributed by atoms with Gasteiger partial charge in [-0.1, -0.05) is 24.3 Å². The number of nitrogens with zero attached hydrogens (tertiary/aromatic N) is 2. The highest BCUT2D eigenvalue weighted by Crippen LogP contribution is 2.28. The third-order valence-electron chi connectivity index (χ3n) is 4.84. The summed E-state index contributed by atoms with van der Waals surface area (Å²) in [7, 11) is 0. The average Bonchev–Trinajstić information content (AvgIpc) is 3.31. The van der Waals surface area contributed by atoms with Crippen molar-refractivity contribution in [2.75, 3.05) is 0 Å². The van der Waals surface area contributed by atoms with Crippen LogP contribution in [-0.2, 0) is 17.9 Å². The molecule has 0 saturated carbocycles. The van der Waals surface area contributed by atoms with Crippen molar-refractivity contribution in [2.24, 2.45) is 0 Å². The van der Waals surface area contributed by atoms with Gasteiger partial charge in [0.05, 0.1) is 5.52 Å². The summed E-state index contributed by atoms with van der Waals surface area (Å²) in [4.78, 5) is 15.3. The maximum atomic E-state index is 10.7. The molecule has 0 atom stereocenters. The van der Waals surface area contributed by atoms with Crippen molar-refractivity contribution in [3.63, 3.8) is 0 Å². The van der Waals surface area contributed by atoms with Crippen LogP contribution in [0.3, 0.4) is 0 Å². The fraction of sp³-hybridized carbons (Fsp3) is 0.217. The molecule has 0 aliphatic rings. The van der Waals surface area contributed by atoms with Gasteiger partial charge in [-0.25, -0.2) is 4.98 Å². The third-order valence-corrected chi connectivity index (χ3v) is 4.84. The number of aliphatic carboxylic acids is 1. The van der Waals surface area contributed by atoms with E-state index in [2.05, 4.69) is 9.55 Å². The SMILES string of the molecule is Cc1oc(-c2ccccc2)nc1COc1cccc2c1ccn2CCCC(=O)O. The summed E-state index contributed by atoms with van der Waals surface area (Å²) in [5.41, 5.74) is 2.72. The lowest BCUT2D eigenvalue weighted by atomic mass is 10.2. The second-order valence-electron chi connectivity index (χ2n) is 6.87. The number of ether oxygens (including phenoxy) is 1. The van der Waals surface area contributed by atoms with Gasteiger partial charge < -0.3 is 18.8 Å². The van der Waals surface area contributed by atoms with Gasteiger partial charge in [-0.3, -0.25) is 4.79 Å². The van der Waals surface area contributed by atoms with Gasteiger partial charge in [-0.15, -0.1) is 0 Å².